The molecule has 16 heteroatoms. The molecule has 0 unspecified atom stereocenters. The highest BCUT2D eigenvalue weighted by Gasteiger charge is 2.47. The first-order valence-electron chi connectivity index (χ1n) is 12.8. The maximum atomic E-state index is 12.9. The second kappa shape index (κ2) is 16.5. The van der Waals surface area contributed by atoms with Gasteiger partial charge in [-0.05, 0) is 31.4 Å². The molecule has 0 spiro atoms. The molecule has 1 saturated heterocycles. The highest BCUT2D eigenvalue weighted by Crippen LogP contribution is 2.28. The van der Waals surface area contributed by atoms with Gasteiger partial charge >= 0.3 is 5.97 Å². The number of benzene rings is 1. The van der Waals surface area contributed by atoms with Gasteiger partial charge in [0.2, 0.25) is 17.7 Å². The summed E-state index contributed by atoms with van der Waals surface area (Å²) in [5, 5.41) is 28.9. The molecular formula is C25H36N6O10. The molecule has 1 aliphatic rings. The molecule has 41 heavy (non-hydrogen) atoms. The first kappa shape index (κ1) is 33.4. The second-order valence-electron chi connectivity index (χ2n) is 9.26. The minimum atomic E-state index is -1.51. The third kappa shape index (κ3) is 9.97. The lowest BCUT2D eigenvalue weighted by molar-refractivity contribution is -0.279. The van der Waals surface area contributed by atoms with Gasteiger partial charge in [-0.1, -0.05) is 35.4 Å². The van der Waals surface area contributed by atoms with Gasteiger partial charge in [0.15, 0.2) is 6.29 Å². The molecule has 6 N–H and O–H groups in total. The normalized spacial score (nSPS) is 24.2. The van der Waals surface area contributed by atoms with Crippen LogP contribution in [0.15, 0.2) is 35.4 Å². The predicted molar refractivity (Wildman–Crippen MR) is 140 cm³/mol. The fraction of sp³-hybridized carbons (Fsp3) is 0.600. The minimum absolute atomic E-state index is 0.0541. The van der Waals surface area contributed by atoms with Crippen LogP contribution in [0.5, 0.6) is 0 Å². The molecule has 1 aliphatic heterocycles. The maximum Gasteiger partial charge on any atom is 0.305 e. The van der Waals surface area contributed by atoms with Gasteiger partial charge in [-0.25, -0.2) is 0 Å². The summed E-state index contributed by atoms with van der Waals surface area (Å²) in [7, 11) is 1.18. The van der Waals surface area contributed by atoms with Crippen molar-refractivity contribution in [1.82, 2.24) is 10.6 Å². The van der Waals surface area contributed by atoms with Gasteiger partial charge in [-0.2, -0.15) is 0 Å². The Bertz CT molecular complexity index is 1090. The Labute approximate surface area is 236 Å². The number of carbonyl (C=O) groups excluding carboxylic acids is 4. The van der Waals surface area contributed by atoms with Gasteiger partial charge in [0, 0.05) is 11.3 Å². The van der Waals surface area contributed by atoms with Gasteiger partial charge in [0.25, 0.3) is 0 Å². The van der Waals surface area contributed by atoms with Gasteiger partial charge < -0.3 is 45.5 Å². The van der Waals surface area contributed by atoms with Crippen LogP contribution in [-0.2, 0) is 44.7 Å². The van der Waals surface area contributed by atoms with Crippen molar-refractivity contribution in [2.75, 3.05) is 13.7 Å². The summed E-state index contributed by atoms with van der Waals surface area (Å²) in [6.45, 7) is 2.12. The SMILES string of the molecule is COC(=O)CC[C@@H](NC(=O)[C@H](C)NC(=O)[C@@H](C)O[C@H]1[C@H](O)[C@@H](CO)O[C@H](OCc2ccccc2)[C@@H]1N=[N+]=[N-])C(N)=O. The number of aliphatic hydroxyl groups excluding tert-OH is 2. The lowest BCUT2D eigenvalue weighted by Crippen LogP contribution is -2.61. The highest BCUT2D eigenvalue weighted by atomic mass is 16.7. The molecule has 8 atom stereocenters. The molecule has 0 radical (unpaired) electrons. The number of nitrogens with one attached hydrogen (secondary N) is 2. The van der Waals surface area contributed by atoms with E-state index in [4.69, 9.17) is 25.5 Å². The quantitative estimate of drug-likeness (QED) is 0.0745. The Morgan fingerprint density at radius 3 is 2.44 bits per heavy atom. The standard InChI is InChI=1S/C25H36N6O10/c1-13(23(36)29-16(22(26)35)9-10-18(33)38-3)28-24(37)14(2)40-21-19(30-31-27)25(41-17(11-32)20(21)34)39-12-15-7-5-4-6-8-15/h4-8,13-14,16-17,19-21,25,32,34H,9-12H2,1-3H3,(H2,26,35)(H,28,37)(H,29,36)/t13-,14+,16+,17+,19+,20+,21+,25-/m0/s1. The summed E-state index contributed by atoms with van der Waals surface area (Å²) in [6, 6.07) is 5.43. The van der Waals surface area contributed by atoms with Crippen LogP contribution in [0.4, 0.5) is 0 Å². The molecule has 0 saturated carbocycles. The molecule has 0 aliphatic carbocycles. The zero-order valence-electron chi connectivity index (χ0n) is 22.9. The van der Waals surface area contributed by atoms with Gasteiger partial charge in [0.05, 0.1) is 20.3 Å². The molecule has 1 fully saturated rings. The molecule has 1 heterocycles. The zero-order chi connectivity index (χ0) is 30.5. The van der Waals surface area contributed by atoms with Gasteiger partial charge in [0.1, 0.15) is 42.5 Å². The fourth-order valence-electron chi connectivity index (χ4n) is 3.92. The number of hydrogen-bond acceptors (Lipinski definition) is 11. The van der Waals surface area contributed by atoms with Crippen LogP contribution in [0.3, 0.4) is 0 Å². The van der Waals surface area contributed by atoms with E-state index >= 15 is 0 Å². The van der Waals surface area contributed by atoms with Crippen LogP contribution >= 0.6 is 0 Å². The van der Waals surface area contributed by atoms with Crippen LogP contribution in [0.2, 0.25) is 0 Å². The van der Waals surface area contributed by atoms with Crippen molar-refractivity contribution >= 4 is 23.7 Å². The van der Waals surface area contributed by atoms with E-state index in [9.17, 15) is 29.4 Å². The number of nitrogens with two attached hydrogens (primary N) is 1. The Hall–Kier alpha value is -3.79. The molecule has 1 aromatic rings. The predicted octanol–water partition coefficient (Wildman–Crippen LogP) is -0.838. The number of esters is 1. The van der Waals surface area contributed by atoms with E-state index in [2.05, 4.69) is 25.4 Å². The lowest BCUT2D eigenvalue weighted by atomic mass is 9.97. The number of primary amides is 1. The summed E-state index contributed by atoms with van der Waals surface area (Å²) >= 11 is 0. The van der Waals surface area contributed by atoms with E-state index in [-0.39, 0.29) is 19.4 Å². The summed E-state index contributed by atoms with van der Waals surface area (Å²) in [5.41, 5.74) is 15.2. The van der Waals surface area contributed by atoms with E-state index in [0.717, 1.165) is 5.56 Å². The van der Waals surface area contributed by atoms with Crippen molar-refractivity contribution in [3.63, 3.8) is 0 Å². The number of methoxy groups -OCH3 is 1. The van der Waals surface area contributed by atoms with Crippen molar-refractivity contribution in [3.05, 3.63) is 46.3 Å². The Morgan fingerprint density at radius 2 is 1.85 bits per heavy atom. The number of hydrogen-bond donors (Lipinski definition) is 5. The second-order valence-corrected chi connectivity index (χ2v) is 9.26. The zero-order valence-corrected chi connectivity index (χ0v) is 22.9. The smallest absolute Gasteiger partial charge is 0.305 e. The van der Waals surface area contributed by atoms with Crippen LogP contribution in [-0.4, -0.2) is 96.5 Å². The van der Waals surface area contributed by atoms with Crippen LogP contribution in [0.1, 0.15) is 32.3 Å². The third-order valence-corrected chi connectivity index (χ3v) is 6.27. The van der Waals surface area contributed by atoms with Gasteiger partial charge in [-0.3, -0.25) is 19.2 Å². The number of rotatable bonds is 15. The Kier molecular flexibility index (Phi) is 13.4. The molecule has 1 aromatic carbocycles. The van der Waals surface area contributed by atoms with Crippen LogP contribution < -0.4 is 16.4 Å². The average Bonchev–Trinajstić information content (AvgIpc) is 2.96. The number of nitrogens with zero attached hydrogens (tertiary/aromatic N) is 3. The molecule has 3 amide bonds. The monoisotopic (exact) mass is 580 g/mol. The third-order valence-electron chi connectivity index (χ3n) is 6.27. The number of azide groups is 1. The van der Waals surface area contributed by atoms with E-state index in [1.54, 1.807) is 24.3 Å². The molecule has 226 valence electrons. The number of carbonyl (C=O) groups is 4. The van der Waals surface area contributed by atoms with Crippen molar-refractivity contribution in [2.45, 2.75) is 82.1 Å². The van der Waals surface area contributed by atoms with Crippen molar-refractivity contribution in [2.24, 2.45) is 10.8 Å². The summed E-state index contributed by atoms with van der Waals surface area (Å²) in [6.07, 6.45) is -6.81. The molecule has 2 rings (SSSR count). The minimum Gasteiger partial charge on any atom is -0.469 e. The van der Waals surface area contributed by atoms with E-state index < -0.39 is 79.1 Å². The van der Waals surface area contributed by atoms with E-state index in [1.807, 2.05) is 6.07 Å². The Morgan fingerprint density at radius 1 is 1.17 bits per heavy atom. The van der Waals surface area contributed by atoms with Crippen molar-refractivity contribution in [1.29, 1.82) is 0 Å². The molecule has 0 bridgehead atoms. The summed E-state index contributed by atoms with van der Waals surface area (Å²) in [4.78, 5) is 51.3. The number of amides is 3. The molecular weight excluding hydrogens is 544 g/mol. The van der Waals surface area contributed by atoms with Gasteiger partial charge in [-0.15, -0.1) is 0 Å². The fourth-order valence-corrected chi connectivity index (χ4v) is 3.92. The largest absolute Gasteiger partial charge is 0.469 e. The maximum absolute atomic E-state index is 12.9. The summed E-state index contributed by atoms with van der Waals surface area (Å²) < 4.78 is 21.7. The number of ether oxygens (including phenoxy) is 4. The molecule has 0 aromatic heterocycles. The average molecular weight is 581 g/mol. The van der Waals surface area contributed by atoms with Crippen molar-refractivity contribution in [3.8, 4) is 0 Å². The molecule has 16 nitrogen and oxygen atoms in total. The first-order valence-corrected chi connectivity index (χ1v) is 12.8. The van der Waals surface area contributed by atoms with E-state index in [1.165, 1.54) is 21.0 Å². The highest BCUT2D eigenvalue weighted by molar-refractivity contribution is 5.92. The van der Waals surface area contributed by atoms with E-state index in [0.29, 0.717) is 0 Å². The Balaban J connectivity index is 2.07. The summed E-state index contributed by atoms with van der Waals surface area (Å²) in [5.74, 6) is -3.01. The number of aliphatic hydroxyl groups is 2. The topological polar surface area (TPSA) is 244 Å². The van der Waals surface area contributed by atoms with Crippen LogP contribution in [0.25, 0.3) is 10.4 Å². The van der Waals surface area contributed by atoms with Crippen LogP contribution in [0, 0.1) is 0 Å². The first-order chi connectivity index (χ1) is 19.5. The van der Waals surface area contributed by atoms with Crippen molar-refractivity contribution < 1.29 is 48.3 Å². The lowest BCUT2D eigenvalue weighted by Gasteiger charge is -2.43.